The van der Waals surface area contributed by atoms with Gasteiger partial charge < -0.3 is 20.4 Å². The fraction of sp³-hybridized carbons (Fsp3) is 0.667. The van der Waals surface area contributed by atoms with E-state index < -0.39 is 0 Å². The largest absolute Gasteiger partial charge is 0.370 e. The number of pyridine rings is 1. The second kappa shape index (κ2) is 7.94. The van der Waals surface area contributed by atoms with Gasteiger partial charge in [0, 0.05) is 25.0 Å². The Labute approximate surface area is 144 Å². The normalized spacial score (nSPS) is 20.4. The minimum Gasteiger partial charge on any atom is -0.370 e. The third-order valence-electron chi connectivity index (χ3n) is 5.27. The van der Waals surface area contributed by atoms with Gasteiger partial charge in [-0.15, -0.1) is 0 Å². The molecule has 2 saturated heterocycles. The fourth-order valence-electron chi connectivity index (χ4n) is 3.60. The number of hydrogen-bond acceptors (Lipinski definition) is 5. The summed E-state index contributed by atoms with van der Waals surface area (Å²) in [7, 11) is 4.31. The Hall–Kier alpha value is -1.66. The molecule has 1 amide bonds. The van der Waals surface area contributed by atoms with Gasteiger partial charge in [-0.2, -0.15) is 0 Å². The van der Waals surface area contributed by atoms with E-state index in [2.05, 4.69) is 45.6 Å². The first-order chi connectivity index (χ1) is 11.6. The maximum atomic E-state index is 12.3. The van der Waals surface area contributed by atoms with E-state index in [1.54, 1.807) is 0 Å². The lowest BCUT2D eigenvalue weighted by Gasteiger charge is -2.36. The molecule has 3 heterocycles. The molecule has 1 aromatic rings. The predicted molar refractivity (Wildman–Crippen MR) is 97.4 cm³/mol. The van der Waals surface area contributed by atoms with Gasteiger partial charge in [-0.1, -0.05) is 0 Å². The highest BCUT2D eigenvalue weighted by atomic mass is 16.1. The van der Waals surface area contributed by atoms with Gasteiger partial charge in [0.1, 0.15) is 5.82 Å². The average Bonchev–Trinajstić information content (AvgIpc) is 2.63. The van der Waals surface area contributed by atoms with Gasteiger partial charge >= 0.3 is 0 Å². The van der Waals surface area contributed by atoms with Crippen molar-refractivity contribution < 1.29 is 4.79 Å². The van der Waals surface area contributed by atoms with Crippen LogP contribution >= 0.6 is 0 Å². The van der Waals surface area contributed by atoms with Crippen molar-refractivity contribution in [3.05, 3.63) is 18.3 Å². The molecule has 3 rings (SSSR count). The Bertz CT molecular complexity index is 531. The zero-order valence-electron chi connectivity index (χ0n) is 14.8. The summed E-state index contributed by atoms with van der Waals surface area (Å²) in [5.74, 6) is 0.867. The summed E-state index contributed by atoms with van der Waals surface area (Å²) in [4.78, 5) is 21.4. The number of carbonyl (C=O) groups is 1. The van der Waals surface area contributed by atoms with Crippen LogP contribution in [0.1, 0.15) is 25.7 Å². The monoisotopic (exact) mass is 331 g/mol. The molecule has 6 heteroatoms. The van der Waals surface area contributed by atoms with Gasteiger partial charge in [0.15, 0.2) is 0 Å². The van der Waals surface area contributed by atoms with Crippen molar-refractivity contribution in [3.63, 3.8) is 0 Å². The molecule has 0 atom stereocenters. The van der Waals surface area contributed by atoms with E-state index in [1.165, 1.54) is 12.8 Å². The second-order valence-electron chi connectivity index (χ2n) is 7.10. The third kappa shape index (κ3) is 4.24. The number of carbonyl (C=O) groups excluding carboxylic acids is 1. The summed E-state index contributed by atoms with van der Waals surface area (Å²) in [6.45, 7) is 3.97. The maximum Gasteiger partial charge on any atom is 0.228 e. The highest BCUT2D eigenvalue weighted by Gasteiger charge is 2.22. The summed E-state index contributed by atoms with van der Waals surface area (Å²) in [6.07, 6.45) is 6.06. The Morgan fingerprint density at radius 2 is 1.92 bits per heavy atom. The molecular weight excluding hydrogens is 302 g/mol. The van der Waals surface area contributed by atoms with Crippen molar-refractivity contribution in [2.75, 3.05) is 50.5 Å². The molecule has 0 radical (unpaired) electrons. The summed E-state index contributed by atoms with van der Waals surface area (Å²) < 4.78 is 0. The van der Waals surface area contributed by atoms with Gasteiger partial charge in [0.2, 0.25) is 5.91 Å². The molecule has 1 aromatic heterocycles. The van der Waals surface area contributed by atoms with Crippen LogP contribution in [0.25, 0.3) is 0 Å². The van der Waals surface area contributed by atoms with E-state index >= 15 is 0 Å². The molecule has 0 saturated carbocycles. The number of aromatic nitrogens is 1. The summed E-state index contributed by atoms with van der Waals surface area (Å²) in [5.41, 5.74) is 1.15. The number of nitrogens with one attached hydrogen (secondary N) is 2. The fourth-order valence-corrected chi connectivity index (χ4v) is 3.60. The van der Waals surface area contributed by atoms with Gasteiger partial charge in [-0.25, -0.2) is 4.98 Å². The van der Waals surface area contributed by atoms with Crippen LogP contribution in [0.5, 0.6) is 0 Å². The minimum atomic E-state index is 0.101. The zero-order valence-corrected chi connectivity index (χ0v) is 14.8. The van der Waals surface area contributed by atoms with Crippen LogP contribution in [-0.4, -0.2) is 62.1 Å². The molecule has 0 bridgehead atoms. The lowest BCUT2D eigenvalue weighted by Crippen LogP contribution is -2.42. The van der Waals surface area contributed by atoms with Crippen molar-refractivity contribution in [1.29, 1.82) is 0 Å². The first kappa shape index (κ1) is 17.2. The quantitative estimate of drug-likeness (QED) is 0.877. The van der Waals surface area contributed by atoms with E-state index in [9.17, 15) is 4.79 Å². The second-order valence-corrected chi connectivity index (χ2v) is 7.10. The van der Waals surface area contributed by atoms with Crippen LogP contribution in [0.3, 0.4) is 0 Å². The molecule has 2 aliphatic rings. The number of piperidine rings is 2. The van der Waals surface area contributed by atoms with Crippen LogP contribution < -0.4 is 15.5 Å². The molecule has 2 N–H and O–H groups in total. The van der Waals surface area contributed by atoms with Crippen molar-refractivity contribution in [1.82, 2.24) is 15.2 Å². The van der Waals surface area contributed by atoms with Gasteiger partial charge in [0.05, 0.1) is 11.9 Å². The summed E-state index contributed by atoms with van der Waals surface area (Å²) in [6, 6.07) is 4.67. The summed E-state index contributed by atoms with van der Waals surface area (Å²) >= 11 is 0. The highest BCUT2D eigenvalue weighted by Crippen LogP contribution is 2.22. The predicted octanol–water partition coefficient (Wildman–Crippen LogP) is 1.55. The molecule has 24 heavy (non-hydrogen) atoms. The van der Waals surface area contributed by atoms with E-state index in [4.69, 9.17) is 0 Å². The maximum absolute atomic E-state index is 12.3. The Morgan fingerprint density at radius 3 is 2.50 bits per heavy atom. The third-order valence-corrected chi connectivity index (χ3v) is 5.27. The topological polar surface area (TPSA) is 60.5 Å². The van der Waals surface area contributed by atoms with Gasteiger partial charge in [0.25, 0.3) is 0 Å². The van der Waals surface area contributed by atoms with Crippen molar-refractivity contribution in [2.45, 2.75) is 31.7 Å². The Kier molecular flexibility index (Phi) is 5.68. The van der Waals surface area contributed by atoms with Crippen LogP contribution in [0, 0.1) is 5.92 Å². The number of rotatable bonds is 4. The molecule has 132 valence electrons. The van der Waals surface area contributed by atoms with Crippen LogP contribution in [0.4, 0.5) is 11.5 Å². The number of amides is 1. The molecule has 6 nitrogen and oxygen atoms in total. The van der Waals surface area contributed by atoms with E-state index in [-0.39, 0.29) is 11.8 Å². The van der Waals surface area contributed by atoms with Crippen molar-refractivity contribution in [3.8, 4) is 0 Å². The molecule has 0 unspecified atom stereocenters. The van der Waals surface area contributed by atoms with Crippen LogP contribution in [0.15, 0.2) is 18.3 Å². The number of nitrogens with zero attached hydrogens (tertiary/aromatic N) is 3. The first-order valence-electron chi connectivity index (χ1n) is 9.02. The Balaban J connectivity index is 1.53. The van der Waals surface area contributed by atoms with Crippen LogP contribution in [-0.2, 0) is 4.79 Å². The van der Waals surface area contributed by atoms with E-state index in [1.807, 2.05) is 12.3 Å². The van der Waals surface area contributed by atoms with Gasteiger partial charge in [-0.3, -0.25) is 4.79 Å². The first-order valence-corrected chi connectivity index (χ1v) is 9.02. The van der Waals surface area contributed by atoms with E-state index in [0.717, 1.165) is 44.7 Å². The standard InChI is InChI=1S/C18H29N5O/c1-22(2)15-7-11-23(12-8-15)16-3-4-17(20-13-16)21-18(24)14-5-9-19-10-6-14/h3-4,13-15,19H,5-12H2,1-2H3,(H,20,21,24). The number of anilines is 2. The lowest BCUT2D eigenvalue weighted by atomic mass is 9.97. The SMILES string of the molecule is CN(C)C1CCN(c2ccc(NC(=O)C3CCNCC3)nc2)CC1. The molecule has 2 aliphatic heterocycles. The smallest absolute Gasteiger partial charge is 0.228 e. The molecule has 0 aliphatic carbocycles. The van der Waals surface area contributed by atoms with Gasteiger partial charge in [-0.05, 0) is 65.0 Å². The average molecular weight is 331 g/mol. The highest BCUT2D eigenvalue weighted by molar-refractivity contribution is 5.91. The van der Waals surface area contributed by atoms with E-state index in [0.29, 0.717) is 11.9 Å². The van der Waals surface area contributed by atoms with Crippen molar-refractivity contribution >= 4 is 17.4 Å². The minimum absolute atomic E-state index is 0.101. The zero-order chi connectivity index (χ0) is 16.9. The molecular formula is C18H29N5O. The molecule has 0 aromatic carbocycles. The Morgan fingerprint density at radius 1 is 1.21 bits per heavy atom. The number of hydrogen-bond donors (Lipinski definition) is 2. The molecule has 0 spiro atoms. The summed E-state index contributed by atoms with van der Waals surface area (Å²) in [5, 5.41) is 6.24. The van der Waals surface area contributed by atoms with Crippen molar-refractivity contribution in [2.24, 2.45) is 5.92 Å². The molecule has 2 fully saturated rings. The van der Waals surface area contributed by atoms with Crippen LogP contribution in [0.2, 0.25) is 0 Å². The lowest BCUT2D eigenvalue weighted by molar-refractivity contribution is -0.120.